The molecule has 0 radical (unpaired) electrons. The summed E-state index contributed by atoms with van der Waals surface area (Å²) in [6.45, 7) is 4.59. The molecule has 1 amide bonds. The second kappa shape index (κ2) is 4.69. The summed E-state index contributed by atoms with van der Waals surface area (Å²) in [5.41, 5.74) is 3.61. The summed E-state index contributed by atoms with van der Waals surface area (Å²) in [6.07, 6.45) is 3.45. The monoisotopic (exact) mass is 335 g/mol. The van der Waals surface area contributed by atoms with Gasteiger partial charge in [-0.2, -0.15) is 0 Å². The van der Waals surface area contributed by atoms with E-state index in [1.807, 2.05) is 26.0 Å². The molecular weight excluding hydrogens is 318 g/mol. The summed E-state index contributed by atoms with van der Waals surface area (Å²) in [5, 5.41) is 0.887. The van der Waals surface area contributed by atoms with E-state index in [2.05, 4.69) is 15.9 Å². The Balaban J connectivity index is 2.02. The van der Waals surface area contributed by atoms with Crippen LogP contribution in [0, 0.1) is 19.3 Å². The van der Waals surface area contributed by atoms with Crippen LogP contribution in [0.5, 0.6) is 0 Å². The Bertz CT molecular complexity index is 599. The topological polar surface area (TPSA) is 37.4 Å². The van der Waals surface area contributed by atoms with Gasteiger partial charge in [0.15, 0.2) is 0 Å². The fraction of sp³-hybridized carbons (Fsp3) is 0.500. The first-order valence-electron chi connectivity index (χ1n) is 7.01. The molecule has 1 saturated carbocycles. The van der Waals surface area contributed by atoms with Crippen LogP contribution in [0.25, 0.3) is 0 Å². The van der Waals surface area contributed by atoms with Gasteiger partial charge in [0.05, 0.1) is 11.3 Å². The SMILES string of the molecule is Cc1cc(C)c2c(c1)C(=O)C(=O)N2CC1(CBr)CCC1. The maximum absolute atomic E-state index is 12.3. The first-order valence-corrected chi connectivity index (χ1v) is 8.13. The summed E-state index contributed by atoms with van der Waals surface area (Å²) in [5.74, 6) is -0.711. The molecule has 1 heterocycles. The third-order valence-corrected chi connectivity index (χ3v) is 5.78. The number of aryl methyl sites for hydroxylation is 2. The molecule has 106 valence electrons. The van der Waals surface area contributed by atoms with Gasteiger partial charge in [-0.1, -0.05) is 28.4 Å². The number of alkyl halides is 1. The fourth-order valence-corrected chi connectivity index (χ4v) is 4.07. The van der Waals surface area contributed by atoms with Crippen LogP contribution in [0.1, 0.15) is 40.7 Å². The van der Waals surface area contributed by atoms with Crippen molar-refractivity contribution in [3.05, 3.63) is 28.8 Å². The number of fused-ring (bicyclic) bond motifs is 1. The minimum atomic E-state index is -0.360. The molecule has 0 spiro atoms. The molecule has 3 rings (SSSR count). The average molecular weight is 336 g/mol. The van der Waals surface area contributed by atoms with Crippen molar-refractivity contribution in [3.63, 3.8) is 0 Å². The van der Waals surface area contributed by atoms with Crippen LogP contribution in [0.2, 0.25) is 0 Å². The van der Waals surface area contributed by atoms with Crippen molar-refractivity contribution >= 4 is 33.3 Å². The number of hydrogen-bond donors (Lipinski definition) is 0. The number of Topliss-reactive ketones (excluding diaryl/α,β-unsaturated/α-hetero) is 1. The third kappa shape index (κ3) is 1.93. The van der Waals surface area contributed by atoms with Crippen LogP contribution in [0.15, 0.2) is 12.1 Å². The molecule has 0 saturated heterocycles. The van der Waals surface area contributed by atoms with Gasteiger partial charge in [-0.05, 0) is 49.3 Å². The molecule has 0 N–H and O–H groups in total. The van der Waals surface area contributed by atoms with Crippen molar-refractivity contribution in [1.29, 1.82) is 0 Å². The van der Waals surface area contributed by atoms with Crippen LogP contribution in [-0.2, 0) is 4.79 Å². The van der Waals surface area contributed by atoms with Crippen molar-refractivity contribution < 1.29 is 9.59 Å². The zero-order valence-electron chi connectivity index (χ0n) is 11.8. The third-order valence-electron chi connectivity index (χ3n) is 4.59. The van der Waals surface area contributed by atoms with Gasteiger partial charge in [-0.25, -0.2) is 0 Å². The van der Waals surface area contributed by atoms with E-state index >= 15 is 0 Å². The quantitative estimate of drug-likeness (QED) is 0.627. The zero-order chi connectivity index (χ0) is 14.5. The number of halogens is 1. The summed E-state index contributed by atoms with van der Waals surface area (Å²) < 4.78 is 0. The Hall–Kier alpha value is -1.16. The molecule has 0 atom stereocenters. The fourth-order valence-electron chi connectivity index (χ4n) is 3.33. The van der Waals surface area contributed by atoms with Gasteiger partial charge >= 0.3 is 0 Å². The van der Waals surface area contributed by atoms with Gasteiger partial charge in [0.25, 0.3) is 11.7 Å². The number of ketones is 1. The van der Waals surface area contributed by atoms with Crippen molar-refractivity contribution in [1.82, 2.24) is 0 Å². The first-order chi connectivity index (χ1) is 9.47. The molecule has 1 aliphatic carbocycles. The van der Waals surface area contributed by atoms with Gasteiger partial charge in [-0.3, -0.25) is 9.59 Å². The minimum Gasteiger partial charge on any atom is -0.304 e. The molecule has 0 aromatic heterocycles. The van der Waals surface area contributed by atoms with Crippen LogP contribution >= 0.6 is 15.9 Å². The predicted octanol–water partition coefficient (Wildman–Crippen LogP) is 3.40. The average Bonchev–Trinajstić information content (AvgIpc) is 2.59. The molecule has 1 fully saturated rings. The number of carbonyl (C=O) groups is 2. The van der Waals surface area contributed by atoms with E-state index in [-0.39, 0.29) is 17.1 Å². The first kappa shape index (κ1) is 13.8. The standard InChI is InChI=1S/C16H18BrNO2/c1-10-6-11(2)13-12(7-10)14(19)15(20)18(13)9-16(8-17)4-3-5-16/h6-7H,3-5,8-9H2,1-2H3. The van der Waals surface area contributed by atoms with Gasteiger partial charge in [0.1, 0.15) is 0 Å². The summed E-state index contributed by atoms with van der Waals surface area (Å²) in [6, 6.07) is 3.88. The highest BCUT2D eigenvalue weighted by Gasteiger charge is 2.44. The Kier molecular flexibility index (Phi) is 3.24. The van der Waals surface area contributed by atoms with Crippen LogP contribution in [-0.4, -0.2) is 23.6 Å². The predicted molar refractivity (Wildman–Crippen MR) is 82.7 cm³/mol. The minimum absolute atomic E-state index is 0.148. The van der Waals surface area contributed by atoms with Crippen LogP contribution in [0.3, 0.4) is 0 Å². The van der Waals surface area contributed by atoms with E-state index in [0.717, 1.165) is 35.0 Å². The molecule has 20 heavy (non-hydrogen) atoms. The highest BCUT2D eigenvalue weighted by Crippen LogP contribution is 2.45. The van der Waals surface area contributed by atoms with Crippen molar-refractivity contribution in [2.45, 2.75) is 33.1 Å². The Morgan fingerprint density at radius 1 is 1.25 bits per heavy atom. The Labute approximate surface area is 127 Å². The van der Waals surface area contributed by atoms with E-state index in [1.165, 1.54) is 6.42 Å². The second-order valence-electron chi connectivity index (χ2n) is 6.19. The number of nitrogens with zero attached hydrogens (tertiary/aromatic N) is 1. The highest BCUT2D eigenvalue weighted by atomic mass is 79.9. The van der Waals surface area contributed by atoms with E-state index < -0.39 is 0 Å². The summed E-state index contributed by atoms with van der Waals surface area (Å²) in [4.78, 5) is 26.2. The highest BCUT2D eigenvalue weighted by molar-refractivity contribution is 9.09. The maximum Gasteiger partial charge on any atom is 0.299 e. The Morgan fingerprint density at radius 3 is 2.50 bits per heavy atom. The number of hydrogen-bond acceptors (Lipinski definition) is 2. The number of amides is 1. The lowest BCUT2D eigenvalue weighted by Gasteiger charge is -2.43. The summed E-state index contributed by atoms with van der Waals surface area (Å²) >= 11 is 3.57. The molecule has 1 aromatic rings. The molecule has 0 unspecified atom stereocenters. The molecule has 4 heteroatoms. The molecule has 3 nitrogen and oxygen atoms in total. The summed E-state index contributed by atoms with van der Waals surface area (Å²) in [7, 11) is 0. The second-order valence-corrected chi connectivity index (χ2v) is 6.75. The van der Waals surface area contributed by atoms with E-state index in [0.29, 0.717) is 12.1 Å². The molecule has 2 aliphatic rings. The normalized spacial score (nSPS) is 20.1. The van der Waals surface area contributed by atoms with Crippen molar-refractivity contribution in [2.75, 3.05) is 16.8 Å². The van der Waals surface area contributed by atoms with Gasteiger partial charge < -0.3 is 4.90 Å². The molecular formula is C16H18BrNO2. The number of anilines is 1. The smallest absolute Gasteiger partial charge is 0.299 e. The van der Waals surface area contributed by atoms with Gasteiger partial charge in [-0.15, -0.1) is 0 Å². The van der Waals surface area contributed by atoms with Gasteiger partial charge in [0, 0.05) is 11.9 Å². The lowest BCUT2D eigenvalue weighted by atomic mass is 9.70. The van der Waals surface area contributed by atoms with E-state index in [1.54, 1.807) is 4.90 Å². The molecule has 1 aliphatic heterocycles. The molecule has 1 aromatic carbocycles. The number of rotatable bonds is 3. The van der Waals surface area contributed by atoms with E-state index in [4.69, 9.17) is 0 Å². The van der Waals surface area contributed by atoms with Crippen LogP contribution in [0.4, 0.5) is 5.69 Å². The lowest BCUT2D eigenvalue weighted by Crippen LogP contribution is -2.45. The largest absolute Gasteiger partial charge is 0.304 e. The zero-order valence-corrected chi connectivity index (χ0v) is 13.4. The van der Waals surface area contributed by atoms with Crippen LogP contribution < -0.4 is 4.90 Å². The van der Waals surface area contributed by atoms with Gasteiger partial charge in [0.2, 0.25) is 0 Å². The van der Waals surface area contributed by atoms with E-state index in [9.17, 15) is 9.59 Å². The maximum atomic E-state index is 12.3. The number of benzene rings is 1. The Morgan fingerprint density at radius 2 is 1.95 bits per heavy atom. The van der Waals surface area contributed by atoms with Crippen molar-refractivity contribution in [3.8, 4) is 0 Å². The number of carbonyl (C=O) groups excluding carboxylic acids is 2. The molecule has 0 bridgehead atoms. The lowest BCUT2D eigenvalue weighted by molar-refractivity contribution is -0.114. The van der Waals surface area contributed by atoms with Crippen molar-refractivity contribution in [2.24, 2.45) is 5.41 Å².